The summed E-state index contributed by atoms with van der Waals surface area (Å²) < 4.78 is 13.0. The van der Waals surface area contributed by atoms with Crippen LogP contribution < -0.4 is 10.2 Å². The first kappa shape index (κ1) is 16.9. The smallest absolute Gasteiger partial charge is 0.258 e. The van der Waals surface area contributed by atoms with Gasteiger partial charge in [0.05, 0.1) is 0 Å². The Hall–Kier alpha value is -3.54. The molecule has 2 aromatic carbocycles. The molecular formula is C21H16FN3O2. The number of halogens is 1. The second-order valence-corrected chi connectivity index (χ2v) is 6.25. The first-order valence-corrected chi connectivity index (χ1v) is 8.53. The van der Waals surface area contributed by atoms with Gasteiger partial charge in [0, 0.05) is 41.4 Å². The second-order valence-electron chi connectivity index (χ2n) is 6.25. The third-order valence-corrected chi connectivity index (χ3v) is 4.52. The van der Waals surface area contributed by atoms with E-state index in [9.17, 15) is 14.0 Å². The van der Waals surface area contributed by atoms with Gasteiger partial charge >= 0.3 is 0 Å². The minimum Gasteiger partial charge on any atom is -0.322 e. The number of aromatic nitrogens is 1. The fourth-order valence-corrected chi connectivity index (χ4v) is 3.12. The lowest BCUT2D eigenvalue weighted by Gasteiger charge is -2.18. The van der Waals surface area contributed by atoms with Crippen molar-refractivity contribution in [1.29, 1.82) is 0 Å². The molecule has 1 N–H and O–H groups in total. The molecule has 27 heavy (non-hydrogen) atoms. The molecule has 1 aromatic heterocycles. The Morgan fingerprint density at radius 3 is 2.44 bits per heavy atom. The van der Waals surface area contributed by atoms with Crippen LogP contribution in [0.25, 0.3) is 0 Å². The fraction of sp³-hybridized carbons (Fsp3) is 0.0952. The number of anilines is 2. The molecule has 3 aromatic rings. The lowest BCUT2D eigenvalue weighted by molar-refractivity contribution is 0.0988. The van der Waals surface area contributed by atoms with E-state index in [1.54, 1.807) is 41.6 Å². The van der Waals surface area contributed by atoms with E-state index in [1.807, 2.05) is 6.07 Å². The van der Waals surface area contributed by atoms with Gasteiger partial charge in [-0.3, -0.25) is 14.6 Å². The molecule has 4 rings (SSSR count). The number of carbonyl (C=O) groups is 2. The highest BCUT2D eigenvalue weighted by Crippen LogP contribution is 2.32. The molecule has 6 heteroatoms. The van der Waals surface area contributed by atoms with Crippen LogP contribution in [0.15, 0.2) is 67.0 Å². The maximum absolute atomic E-state index is 13.0. The number of carbonyl (C=O) groups excluding carboxylic acids is 2. The SMILES string of the molecule is O=C(Nc1ccc2c(c1)N(C(=O)c1ccncc1)CC2)c1ccc(F)cc1. The van der Waals surface area contributed by atoms with Gasteiger partial charge in [0.2, 0.25) is 0 Å². The molecule has 0 spiro atoms. The summed E-state index contributed by atoms with van der Waals surface area (Å²) in [5, 5.41) is 2.80. The van der Waals surface area contributed by atoms with Gasteiger partial charge in [-0.25, -0.2) is 4.39 Å². The maximum Gasteiger partial charge on any atom is 0.258 e. The van der Waals surface area contributed by atoms with E-state index in [1.165, 1.54) is 24.3 Å². The molecule has 0 aliphatic carbocycles. The molecule has 2 amide bonds. The number of nitrogens with one attached hydrogen (secondary N) is 1. The molecule has 0 saturated carbocycles. The van der Waals surface area contributed by atoms with Crippen molar-refractivity contribution in [3.05, 3.63) is 89.5 Å². The van der Waals surface area contributed by atoms with Gasteiger partial charge in [-0.1, -0.05) is 6.07 Å². The van der Waals surface area contributed by atoms with Crippen molar-refractivity contribution in [2.75, 3.05) is 16.8 Å². The van der Waals surface area contributed by atoms with Gasteiger partial charge in [-0.2, -0.15) is 0 Å². The Bertz CT molecular complexity index is 1000. The summed E-state index contributed by atoms with van der Waals surface area (Å²) in [5.41, 5.74) is 3.35. The zero-order chi connectivity index (χ0) is 18.8. The Labute approximate surface area is 155 Å². The topological polar surface area (TPSA) is 62.3 Å². The first-order chi connectivity index (χ1) is 13.1. The van der Waals surface area contributed by atoms with Crippen LogP contribution in [0, 0.1) is 5.82 Å². The Morgan fingerprint density at radius 2 is 1.70 bits per heavy atom. The minimum absolute atomic E-state index is 0.0989. The largest absolute Gasteiger partial charge is 0.322 e. The fourth-order valence-electron chi connectivity index (χ4n) is 3.12. The van der Waals surface area contributed by atoms with E-state index in [0.29, 0.717) is 23.4 Å². The van der Waals surface area contributed by atoms with Crippen LogP contribution in [0.1, 0.15) is 26.3 Å². The molecular weight excluding hydrogens is 345 g/mol. The van der Waals surface area contributed by atoms with Crippen molar-refractivity contribution in [2.45, 2.75) is 6.42 Å². The van der Waals surface area contributed by atoms with Crippen LogP contribution >= 0.6 is 0 Å². The summed E-state index contributed by atoms with van der Waals surface area (Å²) in [6.45, 7) is 0.589. The van der Waals surface area contributed by atoms with Crippen LogP contribution in [-0.2, 0) is 6.42 Å². The lowest BCUT2D eigenvalue weighted by atomic mass is 10.1. The predicted octanol–water partition coefficient (Wildman–Crippen LogP) is 3.68. The highest BCUT2D eigenvalue weighted by molar-refractivity contribution is 6.08. The number of hydrogen-bond donors (Lipinski definition) is 1. The molecule has 0 fully saturated rings. The number of fused-ring (bicyclic) bond motifs is 1. The van der Waals surface area contributed by atoms with Gasteiger partial charge in [-0.05, 0) is 60.5 Å². The summed E-state index contributed by atoms with van der Waals surface area (Å²) in [7, 11) is 0. The van der Waals surface area contributed by atoms with E-state index in [0.717, 1.165) is 17.7 Å². The number of amides is 2. The van der Waals surface area contributed by atoms with Crippen molar-refractivity contribution in [1.82, 2.24) is 4.98 Å². The first-order valence-electron chi connectivity index (χ1n) is 8.53. The van der Waals surface area contributed by atoms with Gasteiger partial charge in [-0.15, -0.1) is 0 Å². The van der Waals surface area contributed by atoms with Crippen molar-refractivity contribution in [3.8, 4) is 0 Å². The zero-order valence-electron chi connectivity index (χ0n) is 14.4. The Kier molecular flexibility index (Phi) is 4.38. The lowest BCUT2D eigenvalue weighted by Crippen LogP contribution is -2.28. The van der Waals surface area contributed by atoms with E-state index in [4.69, 9.17) is 0 Å². The normalized spacial score (nSPS) is 12.6. The quantitative estimate of drug-likeness (QED) is 0.774. The predicted molar refractivity (Wildman–Crippen MR) is 100 cm³/mol. The average Bonchev–Trinajstić information content (AvgIpc) is 3.12. The molecule has 0 unspecified atom stereocenters. The standard InChI is InChI=1S/C21H16FN3O2/c22-17-4-1-15(2-5-17)20(26)24-18-6-3-14-9-12-25(19(14)13-18)21(27)16-7-10-23-11-8-16/h1-8,10-11,13H,9,12H2,(H,24,26). The number of benzene rings is 2. The molecule has 1 aliphatic heterocycles. The van der Waals surface area contributed by atoms with Gasteiger partial charge in [0.25, 0.3) is 11.8 Å². The summed E-state index contributed by atoms with van der Waals surface area (Å²) in [5.74, 6) is -0.826. The second kappa shape index (κ2) is 6.99. The van der Waals surface area contributed by atoms with Crippen LogP contribution in [-0.4, -0.2) is 23.3 Å². The number of hydrogen-bond acceptors (Lipinski definition) is 3. The maximum atomic E-state index is 13.0. The minimum atomic E-state index is -0.394. The van der Waals surface area contributed by atoms with E-state index >= 15 is 0 Å². The third-order valence-electron chi connectivity index (χ3n) is 4.52. The molecule has 5 nitrogen and oxygen atoms in total. The summed E-state index contributed by atoms with van der Waals surface area (Å²) in [6.07, 6.45) is 3.94. The van der Waals surface area contributed by atoms with Crippen LogP contribution in [0.4, 0.5) is 15.8 Å². The molecule has 0 bridgehead atoms. The molecule has 134 valence electrons. The van der Waals surface area contributed by atoms with Gasteiger partial charge < -0.3 is 10.2 Å². The van der Waals surface area contributed by atoms with Crippen LogP contribution in [0.5, 0.6) is 0 Å². The van der Waals surface area contributed by atoms with Crippen LogP contribution in [0.3, 0.4) is 0 Å². The summed E-state index contributed by atoms with van der Waals surface area (Å²) in [4.78, 5) is 30.8. The zero-order valence-corrected chi connectivity index (χ0v) is 14.4. The molecule has 0 radical (unpaired) electrons. The number of rotatable bonds is 3. The summed E-state index contributed by atoms with van der Waals surface area (Å²) >= 11 is 0. The summed E-state index contributed by atoms with van der Waals surface area (Å²) in [6, 6.07) is 14.2. The van der Waals surface area contributed by atoms with Crippen LogP contribution in [0.2, 0.25) is 0 Å². The van der Waals surface area contributed by atoms with E-state index in [-0.39, 0.29) is 11.8 Å². The molecule has 2 heterocycles. The molecule has 0 saturated heterocycles. The Morgan fingerprint density at radius 1 is 0.963 bits per heavy atom. The van der Waals surface area contributed by atoms with Gasteiger partial charge in [0.15, 0.2) is 0 Å². The van der Waals surface area contributed by atoms with Crippen molar-refractivity contribution in [3.63, 3.8) is 0 Å². The number of pyridine rings is 1. The Balaban J connectivity index is 1.57. The highest BCUT2D eigenvalue weighted by atomic mass is 19.1. The third kappa shape index (κ3) is 3.42. The highest BCUT2D eigenvalue weighted by Gasteiger charge is 2.26. The van der Waals surface area contributed by atoms with Gasteiger partial charge in [0.1, 0.15) is 5.82 Å². The molecule has 1 aliphatic rings. The van der Waals surface area contributed by atoms with Crippen molar-refractivity contribution < 1.29 is 14.0 Å². The monoisotopic (exact) mass is 361 g/mol. The van der Waals surface area contributed by atoms with Crippen molar-refractivity contribution in [2.24, 2.45) is 0 Å². The van der Waals surface area contributed by atoms with E-state index in [2.05, 4.69) is 10.3 Å². The molecule has 0 atom stereocenters. The average molecular weight is 361 g/mol. The number of nitrogens with zero attached hydrogens (tertiary/aromatic N) is 2. The van der Waals surface area contributed by atoms with Crippen molar-refractivity contribution >= 4 is 23.2 Å². The van der Waals surface area contributed by atoms with E-state index < -0.39 is 5.82 Å².